The van der Waals surface area contributed by atoms with E-state index in [1.54, 1.807) is 0 Å². The molecule has 4 heteroatoms. The molecule has 2 aromatic rings. The lowest BCUT2D eigenvalue weighted by Crippen LogP contribution is -2.35. The molecule has 1 aliphatic heterocycles. The number of aliphatic hydroxyl groups is 1. The van der Waals surface area contributed by atoms with Gasteiger partial charge in [-0.3, -0.25) is 0 Å². The van der Waals surface area contributed by atoms with E-state index in [2.05, 4.69) is 65.8 Å². The molecule has 2 atom stereocenters. The Kier molecular flexibility index (Phi) is 5.93. The van der Waals surface area contributed by atoms with Crippen LogP contribution < -0.4 is 10.2 Å². The second kappa shape index (κ2) is 8.15. The van der Waals surface area contributed by atoms with Gasteiger partial charge in [0, 0.05) is 42.2 Å². The van der Waals surface area contributed by atoms with E-state index in [0.29, 0.717) is 12.0 Å². The Morgan fingerprint density at radius 1 is 1.17 bits per heavy atom. The van der Waals surface area contributed by atoms with Gasteiger partial charge in [-0.15, -0.1) is 11.3 Å². The topological polar surface area (TPSA) is 35.5 Å². The summed E-state index contributed by atoms with van der Waals surface area (Å²) >= 11 is 1.83. The van der Waals surface area contributed by atoms with Gasteiger partial charge < -0.3 is 15.3 Å². The van der Waals surface area contributed by atoms with E-state index >= 15 is 0 Å². The molecule has 2 unspecified atom stereocenters. The van der Waals surface area contributed by atoms with Crippen molar-refractivity contribution >= 4 is 17.0 Å². The average molecular weight is 345 g/mol. The summed E-state index contributed by atoms with van der Waals surface area (Å²) in [5.74, 6) is 0.548. The van der Waals surface area contributed by atoms with Crippen LogP contribution in [0.4, 0.5) is 5.69 Å². The number of aliphatic hydroxyl groups excluding tert-OH is 1. The lowest BCUT2D eigenvalue weighted by molar-refractivity contribution is 0.145. The summed E-state index contributed by atoms with van der Waals surface area (Å²) in [6.45, 7) is 7.40. The quantitative estimate of drug-likeness (QED) is 0.826. The fourth-order valence-corrected chi connectivity index (χ4v) is 4.03. The van der Waals surface area contributed by atoms with Crippen LogP contribution in [-0.4, -0.2) is 30.8 Å². The molecule has 2 heterocycles. The lowest BCUT2D eigenvalue weighted by Gasteiger charge is -2.31. The van der Waals surface area contributed by atoms with E-state index in [4.69, 9.17) is 0 Å². The third-order valence-electron chi connectivity index (χ3n) is 4.98. The normalized spacial score (nSPS) is 18.5. The van der Waals surface area contributed by atoms with Gasteiger partial charge in [0.15, 0.2) is 0 Å². The smallest absolute Gasteiger partial charge is 0.0574 e. The van der Waals surface area contributed by atoms with Crippen LogP contribution in [0.2, 0.25) is 0 Å². The molecule has 0 bridgehead atoms. The molecular formula is C20H28N2OS. The summed E-state index contributed by atoms with van der Waals surface area (Å²) in [5, 5.41) is 15.4. The van der Waals surface area contributed by atoms with Crippen LogP contribution in [0.5, 0.6) is 0 Å². The van der Waals surface area contributed by atoms with E-state index in [1.807, 2.05) is 11.3 Å². The summed E-state index contributed by atoms with van der Waals surface area (Å²) in [4.78, 5) is 3.81. The second-order valence-electron chi connectivity index (χ2n) is 6.86. The zero-order valence-corrected chi connectivity index (χ0v) is 15.4. The van der Waals surface area contributed by atoms with E-state index in [-0.39, 0.29) is 6.10 Å². The maximum absolute atomic E-state index is 9.63. The molecular weight excluding hydrogens is 316 g/mol. The van der Waals surface area contributed by atoms with Crippen molar-refractivity contribution < 1.29 is 5.11 Å². The summed E-state index contributed by atoms with van der Waals surface area (Å²) in [6.07, 6.45) is 1.63. The number of hydrogen-bond acceptors (Lipinski definition) is 4. The zero-order chi connectivity index (χ0) is 16.9. The molecule has 3 nitrogen and oxygen atoms in total. The van der Waals surface area contributed by atoms with Gasteiger partial charge in [0.2, 0.25) is 0 Å². The molecule has 1 saturated heterocycles. The maximum Gasteiger partial charge on any atom is 0.0574 e. The van der Waals surface area contributed by atoms with Gasteiger partial charge in [-0.05, 0) is 48.9 Å². The molecule has 1 aromatic carbocycles. The monoisotopic (exact) mass is 344 g/mol. The Bertz CT molecular complexity index is 603. The first-order chi connectivity index (χ1) is 11.6. The first-order valence-electron chi connectivity index (χ1n) is 8.93. The molecule has 1 aliphatic rings. The molecule has 2 N–H and O–H groups in total. The molecule has 1 aromatic heterocycles. The van der Waals surface area contributed by atoms with E-state index in [9.17, 15) is 5.11 Å². The number of nitrogens with one attached hydrogen (secondary N) is 1. The molecule has 130 valence electrons. The third kappa shape index (κ3) is 4.38. The van der Waals surface area contributed by atoms with Gasteiger partial charge in [0.05, 0.1) is 6.10 Å². The highest BCUT2D eigenvalue weighted by Gasteiger charge is 2.17. The largest absolute Gasteiger partial charge is 0.393 e. The Balaban J connectivity index is 1.53. The third-order valence-corrected chi connectivity index (χ3v) is 6.09. The molecule has 0 saturated carbocycles. The molecule has 24 heavy (non-hydrogen) atoms. The molecule has 1 fully saturated rings. The van der Waals surface area contributed by atoms with Crippen LogP contribution in [0.1, 0.15) is 49.1 Å². The number of benzene rings is 1. The minimum absolute atomic E-state index is 0.116. The van der Waals surface area contributed by atoms with Crippen LogP contribution >= 0.6 is 11.3 Å². The Morgan fingerprint density at radius 2 is 1.88 bits per heavy atom. The highest BCUT2D eigenvalue weighted by atomic mass is 32.1. The Morgan fingerprint density at radius 3 is 2.50 bits per heavy atom. The molecule has 0 aliphatic carbocycles. The summed E-state index contributed by atoms with van der Waals surface area (Å²) in [5.41, 5.74) is 2.60. The van der Waals surface area contributed by atoms with Crippen LogP contribution in [-0.2, 0) is 0 Å². The van der Waals surface area contributed by atoms with Crippen molar-refractivity contribution in [3.8, 4) is 0 Å². The fourth-order valence-electron chi connectivity index (χ4n) is 3.24. The van der Waals surface area contributed by atoms with E-state index in [0.717, 1.165) is 32.5 Å². The number of rotatable bonds is 6. The average Bonchev–Trinajstić information content (AvgIpc) is 3.15. The van der Waals surface area contributed by atoms with Crippen molar-refractivity contribution in [2.45, 2.75) is 44.8 Å². The SMILES string of the molecule is CC(CNC(C)c1ccc(N2CCC(O)CC2)cc1)c1cccs1. The number of thiophene rings is 1. The van der Waals surface area contributed by atoms with Crippen LogP contribution in [0.3, 0.4) is 0 Å². The van der Waals surface area contributed by atoms with Crippen LogP contribution in [0.25, 0.3) is 0 Å². The van der Waals surface area contributed by atoms with Crippen molar-refractivity contribution in [2.24, 2.45) is 0 Å². The molecule has 0 radical (unpaired) electrons. The Labute approximate surface area is 149 Å². The highest BCUT2D eigenvalue weighted by molar-refractivity contribution is 7.10. The van der Waals surface area contributed by atoms with Gasteiger partial charge >= 0.3 is 0 Å². The lowest BCUT2D eigenvalue weighted by atomic mass is 10.0. The van der Waals surface area contributed by atoms with Crippen molar-refractivity contribution in [1.29, 1.82) is 0 Å². The van der Waals surface area contributed by atoms with Gasteiger partial charge in [0.25, 0.3) is 0 Å². The van der Waals surface area contributed by atoms with Gasteiger partial charge in [0.1, 0.15) is 0 Å². The standard InChI is InChI=1S/C20H28N2OS/c1-15(20-4-3-13-24-20)14-21-16(2)17-5-7-18(8-6-17)22-11-9-19(23)10-12-22/h3-8,13,15-16,19,21,23H,9-12,14H2,1-2H3. The Hall–Kier alpha value is -1.36. The number of nitrogens with zero attached hydrogens (tertiary/aromatic N) is 1. The number of hydrogen-bond donors (Lipinski definition) is 2. The van der Waals surface area contributed by atoms with Crippen molar-refractivity contribution in [3.63, 3.8) is 0 Å². The van der Waals surface area contributed by atoms with Crippen molar-refractivity contribution in [3.05, 3.63) is 52.2 Å². The van der Waals surface area contributed by atoms with Gasteiger partial charge in [-0.1, -0.05) is 25.1 Å². The van der Waals surface area contributed by atoms with Gasteiger partial charge in [-0.25, -0.2) is 0 Å². The van der Waals surface area contributed by atoms with Crippen molar-refractivity contribution in [2.75, 3.05) is 24.5 Å². The molecule has 0 amide bonds. The molecule has 3 rings (SSSR count). The fraction of sp³-hybridized carbons (Fsp3) is 0.500. The first-order valence-corrected chi connectivity index (χ1v) is 9.81. The van der Waals surface area contributed by atoms with Crippen molar-refractivity contribution in [1.82, 2.24) is 5.32 Å². The minimum atomic E-state index is -0.116. The zero-order valence-electron chi connectivity index (χ0n) is 14.6. The van der Waals surface area contributed by atoms with Gasteiger partial charge in [-0.2, -0.15) is 0 Å². The van der Waals surface area contributed by atoms with E-state index in [1.165, 1.54) is 16.1 Å². The first kappa shape index (κ1) is 17.5. The predicted octanol–water partition coefficient (Wildman–Crippen LogP) is 4.16. The van der Waals surface area contributed by atoms with Crippen LogP contribution in [0.15, 0.2) is 41.8 Å². The second-order valence-corrected chi connectivity index (χ2v) is 7.84. The van der Waals surface area contributed by atoms with Crippen LogP contribution in [0, 0.1) is 0 Å². The van der Waals surface area contributed by atoms with E-state index < -0.39 is 0 Å². The molecule has 0 spiro atoms. The minimum Gasteiger partial charge on any atom is -0.393 e. The predicted molar refractivity (Wildman–Crippen MR) is 103 cm³/mol. The summed E-state index contributed by atoms with van der Waals surface area (Å²) in [7, 11) is 0. The highest BCUT2D eigenvalue weighted by Crippen LogP contribution is 2.24. The number of piperidine rings is 1. The maximum atomic E-state index is 9.63. The summed E-state index contributed by atoms with van der Waals surface area (Å²) in [6, 6.07) is 13.6. The summed E-state index contributed by atoms with van der Waals surface area (Å²) < 4.78 is 0. The number of anilines is 1.